The van der Waals surface area contributed by atoms with Crippen LogP contribution in [0.3, 0.4) is 0 Å². The van der Waals surface area contributed by atoms with Gasteiger partial charge in [-0.3, -0.25) is 0 Å². The Morgan fingerprint density at radius 3 is 2.38 bits per heavy atom. The van der Waals surface area contributed by atoms with Crippen molar-refractivity contribution in [2.24, 2.45) is 0 Å². The second kappa shape index (κ2) is 8.60. The van der Waals surface area contributed by atoms with E-state index < -0.39 is 0 Å². The van der Waals surface area contributed by atoms with Crippen molar-refractivity contribution in [2.45, 2.75) is 18.8 Å². The minimum Gasteiger partial charge on any atom is -0.377 e. The predicted molar refractivity (Wildman–Crippen MR) is 118 cm³/mol. The van der Waals surface area contributed by atoms with Gasteiger partial charge >= 0.3 is 0 Å². The Bertz CT molecular complexity index is 1220. The Kier molecular flexibility index (Phi) is 5.50. The van der Waals surface area contributed by atoms with Crippen LogP contribution in [-0.2, 0) is 16.0 Å². The summed E-state index contributed by atoms with van der Waals surface area (Å²) in [5, 5.41) is 5.50. The first kappa shape index (κ1) is 20.5. The smallest absolute Gasteiger partial charge is 0.180 e. The van der Waals surface area contributed by atoms with Gasteiger partial charge in [0.05, 0.1) is 30.0 Å². The molecule has 0 amide bonds. The van der Waals surface area contributed by atoms with Crippen LogP contribution >= 0.6 is 0 Å². The maximum absolute atomic E-state index is 14.2. The molecule has 0 spiro atoms. The van der Waals surface area contributed by atoms with Crippen molar-refractivity contribution in [1.29, 1.82) is 0 Å². The van der Waals surface area contributed by atoms with E-state index in [0.29, 0.717) is 35.8 Å². The van der Waals surface area contributed by atoms with Crippen molar-refractivity contribution in [3.8, 4) is 11.5 Å². The summed E-state index contributed by atoms with van der Waals surface area (Å²) >= 11 is 0. The van der Waals surface area contributed by atoms with E-state index in [1.807, 2.05) is 12.1 Å². The third kappa shape index (κ3) is 3.69. The normalized spacial score (nSPS) is 18.5. The lowest BCUT2D eigenvalue weighted by molar-refractivity contribution is -0.00461. The summed E-state index contributed by atoms with van der Waals surface area (Å²) in [5.74, 6) is 0.216. The van der Waals surface area contributed by atoms with E-state index in [4.69, 9.17) is 9.47 Å². The zero-order valence-electron chi connectivity index (χ0n) is 17.8. The lowest BCUT2D eigenvalue weighted by Crippen LogP contribution is -2.27. The van der Waals surface area contributed by atoms with Gasteiger partial charge in [-0.1, -0.05) is 18.2 Å². The third-order valence-electron chi connectivity index (χ3n) is 5.82. The minimum absolute atomic E-state index is 0.00350. The zero-order valence-corrected chi connectivity index (χ0v) is 17.8. The SMILES string of the molecule is CO[C@H]1CN(c2cnc(-c3nn(Cc4ccccc4F)c4ncccc34)nc2)C[C@@H]1OC. The number of halogens is 1. The summed E-state index contributed by atoms with van der Waals surface area (Å²) in [6, 6.07) is 10.4. The molecule has 164 valence electrons. The number of ether oxygens (including phenoxy) is 2. The summed E-state index contributed by atoms with van der Waals surface area (Å²) in [4.78, 5) is 15.7. The van der Waals surface area contributed by atoms with Crippen LogP contribution in [0.4, 0.5) is 10.1 Å². The van der Waals surface area contributed by atoms with Crippen LogP contribution < -0.4 is 4.90 Å². The number of aromatic nitrogens is 5. The Labute approximate surface area is 184 Å². The molecule has 1 saturated heterocycles. The van der Waals surface area contributed by atoms with Gasteiger partial charge in [-0.05, 0) is 18.2 Å². The van der Waals surface area contributed by atoms with Crippen molar-refractivity contribution >= 4 is 16.7 Å². The number of benzene rings is 1. The van der Waals surface area contributed by atoms with Gasteiger partial charge in [0.25, 0.3) is 0 Å². The average Bonchev–Trinajstić information content (AvgIpc) is 3.42. The highest BCUT2D eigenvalue weighted by molar-refractivity contribution is 5.89. The number of pyridine rings is 1. The van der Waals surface area contributed by atoms with E-state index in [0.717, 1.165) is 11.1 Å². The lowest BCUT2D eigenvalue weighted by atomic mass is 10.2. The molecule has 0 aliphatic carbocycles. The molecule has 8 nitrogen and oxygen atoms in total. The zero-order chi connectivity index (χ0) is 22.1. The molecule has 0 unspecified atom stereocenters. The molecule has 1 aliphatic rings. The molecule has 32 heavy (non-hydrogen) atoms. The summed E-state index contributed by atoms with van der Waals surface area (Å²) in [6.07, 6.45) is 5.27. The van der Waals surface area contributed by atoms with E-state index in [9.17, 15) is 4.39 Å². The molecule has 1 aromatic carbocycles. The van der Waals surface area contributed by atoms with E-state index in [1.165, 1.54) is 6.07 Å². The number of fused-ring (bicyclic) bond motifs is 1. The fourth-order valence-corrected chi connectivity index (χ4v) is 4.09. The standard InChI is InChI=1S/C23H23FN6O2/c1-31-19-13-29(14-20(19)32-2)16-10-26-22(27-11-16)21-17-7-5-9-25-23(17)30(28-21)12-15-6-3-4-8-18(15)24/h3-11,19-20H,12-14H2,1-2H3/t19-,20-/m0/s1. The molecule has 0 saturated carbocycles. The number of anilines is 1. The summed E-state index contributed by atoms with van der Waals surface area (Å²) < 4.78 is 26.9. The predicted octanol–water partition coefficient (Wildman–Crippen LogP) is 2.93. The van der Waals surface area contributed by atoms with E-state index in [2.05, 4.69) is 25.0 Å². The molecular formula is C23H23FN6O2. The van der Waals surface area contributed by atoms with Crippen LogP contribution in [0.15, 0.2) is 55.0 Å². The first-order chi connectivity index (χ1) is 15.7. The molecule has 0 bridgehead atoms. The van der Waals surface area contributed by atoms with E-state index in [-0.39, 0.29) is 24.6 Å². The van der Waals surface area contributed by atoms with Gasteiger partial charge in [0.1, 0.15) is 23.7 Å². The number of hydrogen-bond acceptors (Lipinski definition) is 7. The number of rotatable bonds is 6. The van der Waals surface area contributed by atoms with E-state index in [1.54, 1.807) is 55.7 Å². The van der Waals surface area contributed by atoms with E-state index >= 15 is 0 Å². The van der Waals surface area contributed by atoms with Crippen molar-refractivity contribution in [2.75, 3.05) is 32.2 Å². The minimum atomic E-state index is -0.274. The van der Waals surface area contributed by atoms with Crippen molar-refractivity contribution in [3.05, 3.63) is 66.4 Å². The number of hydrogen-bond donors (Lipinski definition) is 0. The largest absolute Gasteiger partial charge is 0.377 e. The topological polar surface area (TPSA) is 78.2 Å². The van der Waals surface area contributed by atoms with Gasteiger partial charge in [-0.25, -0.2) is 24.0 Å². The highest BCUT2D eigenvalue weighted by Gasteiger charge is 2.33. The van der Waals surface area contributed by atoms with Crippen molar-refractivity contribution < 1.29 is 13.9 Å². The molecule has 9 heteroatoms. The van der Waals surface area contributed by atoms with Gasteiger partial charge in [-0.15, -0.1) is 0 Å². The van der Waals surface area contributed by atoms with Crippen LogP contribution in [0.25, 0.3) is 22.6 Å². The quantitative estimate of drug-likeness (QED) is 0.462. The van der Waals surface area contributed by atoms with Crippen LogP contribution in [0.5, 0.6) is 0 Å². The van der Waals surface area contributed by atoms with Gasteiger partial charge in [0.2, 0.25) is 0 Å². The molecule has 3 aromatic heterocycles. The van der Waals surface area contributed by atoms with Gasteiger partial charge in [0.15, 0.2) is 11.5 Å². The Hall–Kier alpha value is -3.43. The fraction of sp³-hybridized carbons (Fsp3) is 0.304. The maximum Gasteiger partial charge on any atom is 0.180 e. The van der Waals surface area contributed by atoms with Crippen molar-refractivity contribution in [3.63, 3.8) is 0 Å². The third-order valence-corrected chi connectivity index (χ3v) is 5.82. The number of nitrogens with zero attached hydrogens (tertiary/aromatic N) is 6. The first-order valence-corrected chi connectivity index (χ1v) is 10.4. The Balaban J connectivity index is 1.46. The molecule has 0 radical (unpaired) electrons. The second-order valence-electron chi connectivity index (χ2n) is 7.69. The summed E-state index contributed by atoms with van der Waals surface area (Å²) in [5.41, 5.74) is 2.70. The number of methoxy groups -OCH3 is 2. The van der Waals surface area contributed by atoms with Crippen molar-refractivity contribution in [1.82, 2.24) is 24.7 Å². The molecule has 0 N–H and O–H groups in total. The molecule has 5 rings (SSSR count). The van der Waals surface area contributed by atoms with Crippen LogP contribution in [0.2, 0.25) is 0 Å². The average molecular weight is 434 g/mol. The fourth-order valence-electron chi connectivity index (χ4n) is 4.09. The Morgan fingerprint density at radius 1 is 0.969 bits per heavy atom. The highest BCUT2D eigenvalue weighted by atomic mass is 19.1. The lowest BCUT2D eigenvalue weighted by Gasteiger charge is -2.17. The molecule has 4 heterocycles. The van der Waals surface area contributed by atoms with Gasteiger partial charge in [0, 0.05) is 39.1 Å². The summed E-state index contributed by atoms with van der Waals surface area (Å²) in [6.45, 7) is 1.69. The second-order valence-corrected chi connectivity index (χ2v) is 7.69. The van der Waals surface area contributed by atoms with Gasteiger partial charge < -0.3 is 14.4 Å². The summed E-state index contributed by atoms with van der Waals surface area (Å²) in [7, 11) is 3.38. The molecular weight excluding hydrogens is 411 g/mol. The maximum atomic E-state index is 14.2. The molecule has 2 atom stereocenters. The Morgan fingerprint density at radius 2 is 1.69 bits per heavy atom. The monoisotopic (exact) mass is 434 g/mol. The van der Waals surface area contributed by atoms with Crippen LogP contribution in [0.1, 0.15) is 5.56 Å². The van der Waals surface area contributed by atoms with Crippen LogP contribution in [-0.4, -0.2) is 64.2 Å². The first-order valence-electron chi connectivity index (χ1n) is 10.4. The molecule has 1 aliphatic heterocycles. The van der Waals surface area contributed by atoms with Crippen LogP contribution in [0, 0.1) is 5.82 Å². The molecule has 4 aromatic rings. The molecule has 1 fully saturated rings. The van der Waals surface area contributed by atoms with Gasteiger partial charge in [-0.2, -0.15) is 5.10 Å². The highest BCUT2D eigenvalue weighted by Crippen LogP contribution is 2.27.